The smallest absolute Gasteiger partial charge is 0.356 e. The second-order valence-electron chi connectivity index (χ2n) is 4.33. The Morgan fingerprint density at radius 2 is 2.12 bits per heavy atom. The molecule has 1 aromatic rings. The van der Waals surface area contributed by atoms with E-state index >= 15 is 0 Å². The van der Waals surface area contributed by atoms with Gasteiger partial charge in [0.2, 0.25) is 0 Å². The molecule has 0 saturated carbocycles. The third-order valence-corrected chi connectivity index (χ3v) is 2.95. The maximum atomic E-state index is 10.6. The zero-order valence-corrected chi connectivity index (χ0v) is 9.76. The van der Waals surface area contributed by atoms with Crippen molar-refractivity contribution >= 4 is 11.8 Å². The predicted molar refractivity (Wildman–Crippen MR) is 63.1 cm³/mol. The van der Waals surface area contributed by atoms with Gasteiger partial charge in [-0.3, -0.25) is 0 Å². The van der Waals surface area contributed by atoms with Crippen LogP contribution in [0.1, 0.15) is 23.3 Å². The summed E-state index contributed by atoms with van der Waals surface area (Å²) in [6, 6.07) is 3.53. The van der Waals surface area contributed by atoms with E-state index in [9.17, 15) is 4.79 Å². The summed E-state index contributed by atoms with van der Waals surface area (Å²) in [6.45, 7) is 2.14. The first kappa shape index (κ1) is 11.8. The van der Waals surface area contributed by atoms with E-state index in [1.807, 2.05) is 0 Å². The molecule has 1 aromatic heterocycles. The number of nitrogens with zero attached hydrogens (tertiary/aromatic N) is 3. The van der Waals surface area contributed by atoms with E-state index < -0.39 is 5.97 Å². The lowest BCUT2D eigenvalue weighted by Crippen LogP contribution is -2.36. The summed E-state index contributed by atoms with van der Waals surface area (Å²) in [4.78, 5) is 12.9. The Morgan fingerprint density at radius 3 is 2.65 bits per heavy atom. The van der Waals surface area contributed by atoms with E-state index in [-0.39, 0.29) is 5.69 Å². The van der Waals surface area contributed by atoms with Crippen LogP contribution in [0.2, 0.25) is 0 Å². The molecule has 1 aliphatic rings. The van der Waals surface area contributed by atoms with Gasteiger partial charge in [0, 0.05) is 6.04 Å². The summed E-state index contributed by atoms with van der Waals surface area (Å²) < 4.78 is 0. The van der Waals surface area contributed by atoms with Gasteiger partial charge in [0.1, 0.15) is 5.82 Å². The van der Waals surface area contributed by atoms with Crippen LogP contribution >= 0.6 is 0 Å². The average Bonchev–Trinajstić information content (AvgIpc) is 2.33. The minimum Gasteiger partial charge on any atom is -0.476 e. The van der Waals surface area contributed by atoms with Crippen LogP contribution in [0.5, 0.6) is 0 Å². The third-order valence-electron chi connectivity index (χ3n) is 2.95. The maximum absolute atomic E-state index is 10.6. The van der Waals surface area contributed by atoms with Crippen LogP contribution in [0.3, 0.4) is 0 Å². The highest BCUT2D eigenvalue weighted by Gasteiger charge is 2.16. The van der Waals surface area contributed by atoms with Gasteiger partial charge in [-0.1, -0.05) is 0 Å². The number of aromatic carboxylic acids is 1. The van der Waals surface area contributed by atoms with Crippen molar-refractivity contribution in [2.75, 3.05) is 25.5 Å². The van der Waals surface area contributed by atoms with Crippen LogP contribution in [0.25, 0.3) is 0 Å². The molecule has 0 aliphatic carbocycles. The van der Waals surface area contributed by atoms with E-state index in [2.05, 4.69) is 27.5 Å². The average molecular weight is 236 g/mol. The Balaban J connectivity index is 1.92. The molecule has 2 rings (SSSR count). The van der Waals surface area contributed by atoms with Gasteiger partial charge in [-0.2, -0.15) is 0 Å². The van der Waals surface area contributed by atoms with E-state index in [1.54, 1.807) is 6.07 Å². The zero-order valence-electron chi connectivity index (χ0n) is 9.76. The van der Waals surface area contributed by atoms with Crippen molar-refractivity contribution in [2.24, 2.45) is 0 Å². The standard InChI is InChI=1S/C11H16N4O2/c1-15-6-4-8(5-7-15)12-10-3-2-9(11(16)17)13-14-10/h2-3,8H,4-7H2,1H3,(H,12,14)(H,16,17). The first-order valence-corrected chi connectivity index (χ1v) is 5.67. The first-order valence-electron chi connectivity index (χ1n) is 5.67. The van der Waals surface area contributed by atoms with E-state index in [0.29, 0.717) is 11.9 Å². The van der Waals surface area contributed by atoms with Gasteiger partial charge in [-0.15, -0.1) is 10.2 Å². The minimum absolute atomic E-state index is 0.0288. The van der Waals surface area contributed by atoms with Crippen molar-refractivity contribution in [3.8, 4) is 0 Å². The summed E-state index contributed by atoms with van der Waals surface area (Å²) in [6.07, 6.45) is 2.14. The number of piperidine rings is 1. The lowest BCUT2D eigenvalue weighted by molar-refractivity contribution is 0.0689. The van der Waals surface area contributed by atoms with E-state index in [4.69, 9.17) is 5.11 Å². The molecule has 92 valence electrons. The lowest BCUT2D eigenvalue weighted by atomic mass is 10.1. The number of carboxylic acids is 1. The number of carboxylic acid groups (broad SMARTS) is 1. The number of anilines is 1. The fraction of sp³-hybridized carbons (Fsp3) is 0.545. The number of carbonyl (C=O) groups is 1. The first-order chi connectivity index (χ1) is 8.15. The van der Waals surface area contributed by atoms with Crippen LogP contribution in [0, 0.1) is 0 Å². The molecule has 6 heteroatoms. The number of rotatable bonds is 3. The molecule has 0 aromatic carbocycles. The fourth-order valence-electron chi connectivity index (χ4n) is 1.89. The van der Waals surface area contributed by atoms with Gasteiger partial charge in [0.25, 0.3) is 0 Å². The molecular weight excluding hydrogens is 220 g/mol. The second-order valence-corrected chi connectivity index (χ2v) is 4.33. The normalized spacial score (nSPS) is 17.9. The molecule has 0 atom stereocenters. The monoisotopic (exact) mass is 236 g/mol. The van der Waals surface area contributed by atoms with Gasteiger partial charge >= 0.3 is 5.97 Å². The molecule has 0 bridgehead atoms. The number of likely N-dealkylation sites (tertiary alicyclic amines) is 1. The number of nitrogens with one attached hydrogen (secondary N) is 1. The summed E-state index contributed by atoms with van der Waals surface area (Å²) in [5.41, 5.74) is -0.0288. The highest BCUT2D eigenvalue weighted by Crippen LogP contribution is 2.13. The van der Waals surface area contributed by atoms with Gasteiger partial charge in [0.15, 0.2) is 5.69 Å². The van der Waals surface area contributed by atoms with Crippen molar-refractivity contribution in [3.63, 3.8) is 0 Å². The van der Waals surface area contributed by atoms with Crippen molar-refractivity contribution in [2.45, 2.75) is 18.9 Å². The molecule has 0 unspecified atom stereocenters. The van der Waals surface area contributed by atoms with Crippen LogP contribution in [-0.2, 0) is 0 Å². The summed E-state index contributed by atoms with van der Waals surface area (Å²) in [7, 11) is 2.11. The highest BCUT2D eigenvalue weighted by atomic mass is 16.4. The quantitative estimate of drug-likeness (QED) is 0.803. The van der Waals surface area contributed by atoms with Crippen molar-refractivity contribution in [1.82, 2.24) is 15.1 Å². The van der Waals surface area contributed by atoms with Crippen LogP contribution < -0.4 is 5.32 Å². The van der Waals surface area contributed by atoms with Crippen LogP contribution in [0.4, 0.5) is 5.82 Å². The summed E-state index contributed by atoms with van der Waals surface area (Å²) in [5, 5.41) is 19.5. The topological polar surface area (TPSA) is 78.4 Å². The molecule has 17 heavy (non-hydrogen) atoms. The van der Waals surface area contributed by atoms with Gasteiger partial charge < -0.3 is 15.3 Å². The summed E-state index contributed by atoms with van der Waals surface area (Å²) >= 11 is 0. The fourth-order valence-corrected chi connectivity index (χ4v) is 1.89. The van der Waals surface area contributed by atoms with Crippen molar-refractivity contribution in [1.29, 1.82) is 0 Å². The second kappa shape index (κ2) is 5.09. The molecule has 1 aliphatic heterocycles. The molecule has 0 spiro atoms. The molecule has 0 amide bonds. The van der Waals surface area contributed by atoms with E-state index in [1.165, 1.54) is 6.07 Å². The molecule has 6 nitrogen and oxygen atoms in total. The predicted octanol–water partition coefficient (Wildman–Crippen LogP) is 0.681. The van der Waals surface area contributed by atoms with Crippen molar-refractivity contribution in [3.05, 3.63) is 17.8 Å². The molecule has 1 fully saturated rings. The van der Waals surface area contributed by atoms with Crippen LogP contribution in [-0.4, -0.2) is 52.4 Å². The van der Waals surface area contributed by atoms with Crippen LogP contribution in [0.15, 0.2) is 12.1 Å². The molecule has 2 N–H and O–H groups in total. The highest BCUT2D eigenvalue weighted by molar-refractivity contribution is 5.85. The summed E-state index contributed by atoms with van der Waals surface area (Å²) in [5.74, 6) is -0.409. The Kier molecular flexibility index (Phi) is 3.53. The van der Waals surface area contributed by atoms with Gasteiger partial charge in [0.05, 0.1) is 0 Å². The van der Waals surface area contributed by atoms with Gasteiger partial charge in [-0.25, -0.2) is 4.79 Å². The van der Waals surface area contributed by atoms with Crippen molar-refractivity contribution < 1.29 is 9.90 Å². The zero-order chi connectivity index (χ0) is 12.3. The minimum atomic E-state index is -1.05. The Morgan fingerprint density at radius 1 is 1.41 bits per heavy atom. The lowest BCUT2D eigenvalue weighted by Gasteiger charge is -2.29. The molecule has 2 heterocycles. The molecule has 1 saturated heterocycles. The Labute approximate surface area is 99.7 Å². The van der Waals surface area contributed by atoms with E-state index in [0.717, 1.165) is 25.9 Å². The maximum Gasteiger partial charge on any atom is 0.356 e. The largest absolute Gasteiger partial charge is 0.476 e. The SMILES string of the molecule is CN1CCC(Nc2ccc(C(=O)O)nn2)CC1. The molecular formula is C11H16N4O2. The number of aromatic nitrogens is 2. The Hall–Kier alpha value is -1.69. The third kappa shape index (κ3) is 3.13. The molecule has 0 radical (unpaired) electrons. The van der Waals surface area contributed by atoms with Gasteiger partial charge in [-0.05, 0) is 45.1 Å². The number of hydrogen-bond acceptors (Lipinski definition) is 5. The number of hydrogen-bond donors (Lipinski definition) is 2. The Bertz CT molecular complexity index is 385.